The number of carbonyl (C=O) groups excluding carboxylic acids is 1. The van der Waals surface area contributed by atoms with Crippen molar-refractivity contribution in [1.29, 1.82) is 0 Å². The largest absolute Gasteiger partial charge is 0.466 e. The van der Waals surface area contributed by atoms with Gasteiger partial charge < -0.3 is 4.74 Å². The molecule has 0 fully saturated rings. The first kappa shape index (κ1) is 15.8. The van der Waals surface area contributed by atoms with Crippen LogP contribution in [0, 0.1) is 0 Å². The number of ether oxygens (including phenoxy) is 1. The van der Waals surface area contributed by atoms with Gasteiger partial charge in [0.25, 0.3) is 0 Å². The van der Waals surface area contributed by atoms with E-state index in [1.807, 2.05) is 18.7 Å². The van der Waals surface area contributed by atoms with E-state index in [0.29, 0.717) is 13.0 Å². The van der Waals surface area contributed by atoms with E-state index in [-0.39, 0.29) is 10.7 Å². The molecule has 1 unspecified atom stereocenters. The summed E-state index contributed by atoms with van der Waals surface area (Å²) in [5.41, 5.74) is 0. The van der Waals surface area contributed by atoms with Crippen LogP contribution in [0.25, 0.3) is 0 Å². The number of esters is 1. The Morgan fingerprint density at radius 1 is 1.25 bits per heavy atom. The van der Waals surface area contributed by atoms with Gasteiger partial charge >= 0.3 is 5.97 Å². The van der Waals surface area contributed by atoms with Crippen LogP contribution in [0.15, 0.2) is 0 Å². The summed E-state index contributed by atoms with van der Waals surface area (Å²) < 4.78 is 5.10. The third kappa shape index (κ3) is 7.15. The Labute approximate surface area is 105 Å². The quantitative estimate of drug-likeness (QED) is 0.454. The monoisotopic (exact) mass is 246 g/mol. The van der Waals surface area contributed by atoms with E-state index in [2.05, 4.69) is 20.8 Å². The fraction of sp³-hybridized carbons (Fsp3) is 0.923. The maximum Gasteiger partial charge on any atom is 0.307 e. The molecule has 0 N–H and O–H groups in total. The van der Waals surface area contributed by atoms with Gasteiger partial charge in [-0.2, -0.15) is 11.8 Å². The average molecular weight is 246 g/mol. The van der Waals surface area contributed by atoms with Gasteiger partial charge in [-0.3, -0.25) is 4.79 Å². The number of carbonyl (C=O) groups is 1. The summed E-state index contributed by atoms with van der Waals surface area (Å²) in [6.07, 6.45) is 5.34. The molecule has 16 heavy (non-hydrogen) atoms. The lowest BCUT2D eigenvalue weighted by Crippen LogP contribution is -2.26. The van der Waals surface area contributed by atoms with Crippen LogP contribution in [-0.2, 0) is 9.53 Å². The van der Waals surface area contributed by atoms with Crippen LogP contribution >= 0.6 is 11.8 Å². The van der Waals surface area contributed by atoms with Crippen molar-refractivity contribution >= 4 is 17.7 Å². The molecule has 3 heteroatoms. The van der Waals surface area contributed by atoms with Crippen molar-refractivity contribution in [3.8, 4) is 0 Å². The van der Waals surface area contributed by atoms with E-state index in [4.69, 9.17) is 4.74 Å². The summed E-state index contributed by atoms with van der Waals surface area (Å²) in [6, 6.07) is 0. The van der Waals surface area contributed by atoms with Gasteiger partial charge in [-0.1, -0.05) is 33.1 Å². The Balaban J connectivity index is 4.14. The van der Waals surface area contributed by atoms with E-state index in [0.717, 1.165) is 12.2 Å². The average Bonchev–Trinajstić information content (AvgIpc) is 2.18. The molecule has 0 aliphatic carbocycles. The number of unbranched alkanes of at least 4 members (excludes halogenated alkanes) is 2. The van der Waals surface area contributed by atoms with Gasteiger partial charge in [0.05, 0.1) is 13.0 Å². The molecule has 0 heterocycles. The van der Waals surface area contributed by atoms with Gasteiger partial charge in [-0.25, -0.2) is 0 Å². The van der Waals surface area contributed by atoms with Gasteiger partial charge in [-0.05, 0) is 26.0 Å². The van der Waals surface area contributed by atoms with Crippen molar-refractivity contribution in [1.82, 2.24) is 0 Å². The van der Waals surface area contributed by atoms with Gasteiger partial charge in [0.2, 0.25) is 0 Å². The van der Waals surface area contributed by atoms with Crippen molar-refractivity contribution < 1.29 is 9.53 Å². The van der Waals surface area contributed by atoms with Crippen LogP contribution in [0.3, 0.4) is 0 Å². The lowest BCUT2D eigenvalue weighted by atomic mass is 9.99. The first-order valence-corrected chi connectivity index (χ1v) is 7.36. The fourth-order valence-corrected chi connectivity index (χ4v) is 3.03. The molecule has 0 aromatic rings. The topological polar surface area (TPSA) is 26.3 Å². The smallest absolute Gasteiger partial charge is 0.307 e. The number of hydrogen-bond donors (Lipinski definition) is 0. The van der Waals surface area contributed by atoms with Crippen LogP contribution in [0.5, 0.6) is 0 Å². The number of hydrogen-bond acceptors (Lipinski definition) is 3. The molecule has 0 rings (SSSR count). The van der Waals surface area contributed by atoms with Crippen molar-refractivity contribution in [2.45, 2.75) is 64.5 Å². The van der Waals surface area contributed by atoms with Crippen molar-refractivity contribution in [2.24, 2.45) is 0 Å². The summed E-state index contributed by atoms with van der Waals surface area (Å²) in [5.74, 6) is 1.00. The zero-order chi connectivity index (χ0) is 12.4. The summed E-state index contributed by atoms with van der Waals surface area (Å²) in [7, 11) is 0. The Hall–Kier alpha value is -0.180. The molecule has 0 aliphatic rings. The summed E-state index contributed by atoms with van der Waals surface area (Å²) in [5, 5.41) is 0. The molecule has 2 nitrogen and oxygen atoms in total. The first-order chi connectivity index (χ1) is 7.58. The predicted octanol–water partition coefficient (Wildman–Crippen LogP) is 4.03. The zero-order valence-electron chi connectivity index (χ0n) is 11.2. The maximum absolute atomic E-state index is 11.5. The number of thioether (sulfide) groups is 1. The van der Waals surface area contributed by atoms with Gasteiger partial charge in [-0.15, -0.1) is 0 Å². The highest BCUT2D eigenvalue weighted by Gasteiger charge is 2.27. The Kier molecular flexibility index (Phi) is 8.81. The lowest BCUT2D eigenvalue weighted by Gasteiger charge is -2.27. The van der Waals surface area contributed by atoms with E-state index in [1.54, 1.807) is 0 Å². The highest BCUT2D eigenvalue weighted by molar-refractivity contribution is 8.00. The maximum atomic E-state index is 11.5. The summed E-state index contributed by atoms with van der Waals surface area (Å²) in [6.45, 7) is 8.89. The van der Waals surface area contributed by atoms with Gasteiger partial charge in [0, 0.05) is 4.75 Å². The van der Waals surface area contributed by atoms with Crippen LogP contribution in [-0.4, -0.2) is 23.1 Å². The molecule has 96 valence electrons. The van der Waals surface area contributed by atoms with Crippen molar-refractivity contribution in [3.63, 3.8) is 0 Å². The second-order valence-corrected chi connectivity index (χ2v) is 6.17. The van der Waals surface area contributed by atoms with E-state index in [1.165, 1.54) is 19.3 Å². The first-order valence-electron chi connectivity index (χ1n) is 6.37. The second-order valence-electron chi connectivity index (χ2n) is 4.32. The normalized spacial score (nSPS) is 14.5. The Morgan fingerprint density at radius 3 is 2.44 bits per heavy atom. The highest BCUT2D eigenvalue weighted by atomic mass is 32.2. The predicted molar refractivity (Wildman–Crippen MR) is 71.9 cm³/mol. The summed E-state index contributed by atoms with van der Waals surface area (Å²) in [4.78, 5) is 11.5. The molecule has 0 amide bonds. The molecule has 0 radical (unpaired) electrons. The SMILES string of the molecule is CCCCCC(C)(CC(=O)OCC)SCC. The van der Waals surface area contributed by atoms with Gasteiger partial charge in [0.15, 0.2) is 0 Å². The minimum absolute atomic E-state index is 0.0533. The standard InChI is InChI=1S/C13H26O2S/c1-5-8-9-10-13(4,16-7-3)11-12(14)15-6-2/h5-11H2,1-4H3. The molecule has 0 saturated carbocycles. The fourth-order valence-electron chi connectivity index (χ4n) is 1.83. The number of rotatable bonds is 9. The van der Waals surface area contributed by atoms with Crippen LogP contribution in [0.2, 0.25) is 0 Å². The zero-order valence-corrected chi connectivity index (χ0v) is 12.0. The summed E-state index contributed by atoms with van der Waals surface area (Å²) >= 11 is 1.88. The van der Waals surface area contributed by atoms with Crippen LogP contribution in [0.4, 0.5) is 0 Å². The molecule has 0 aliphatic heterocycles. The second kappa shape index (κ2) is 8.91. The van der Waals surface area contributed by atoms with E-state index < -0.39 is 0 Å². The molecular formula is C13H26O2S. The van der Waals surface area contributed by atoms with Crippen molar-refractivity contribution in [2.75, 3.05) is 12.4 Å². The molecule has 0 saturated heterocycles. The molecule has 0 bridgehead atoms. The molecule has 0 spiro atoms. The minimum atomic E-state index is -0.0533. The minimum Gasteiger partial charge on any atom is -0.466 e. The van der Waals surface area contributed by atoms with Crippen molar-refractivity contribution in [3.05, 3.63) is 0 Å². The van der Waals surface area contributed by atoms with Crippen LogP contribution in [0.1, 0.15) is 59.8 Å². The van der Waals surface area contributed by atoms with Gasteiger partial charge in [0.1, 0.15) is 0 Å². The third-order valence-corrected chi connectivity index (χ3v) is 3.96. The van der Waals surface area contributed by atoms with E-state index in [9.17, 15) is 4.79 Å². The Morgan fingerprint density at radius 2 is 1.94 bits per heavy atom. The highest BCUT2D eigenvalue weighted by Crippen LogP contribution is 2.34. The Bertz CT molecular complexity index is 194. The molecule has 0 aromatic carbocycles. The molecule has 0 aromatic heterocycles. The van der Waals surface area contributed by atoms with E-state index >= 15 is 0 Å². The third-order valence-electron chi connectivity index (χ3n) is 2.63. The molecular weight excluding hydrogens is 220 g/mol. The van der Waals surface area contributed by atoms with Crippen LogP contribution < -0.4 is 0 Å². The lowest BCUT2D eigenvalue weighted by molar-refractivity contribution is -0.143. The molecule has 1 atom stereocenters.